The monoisotopic (exact) mass is 408 g/mol. The molecule has 30 heavy (non-hydrogen) atoms. The lowest BCUT2D eigenvalue weighted by Gasteiger charge is -2.36. The van der Waals surface area contributed by atoms with Gasteiger partial charge in [0.2, 0.25) is 0 Å². The van der Waals surface area contributed by atoms with Gasteiger partial charge in [-0.1, -0.05) is 18.2 Å². The van der Waals surface area contributed by atoms with Crippen molar-refractivity contribution in [1.29, 1.82) is 0 Å². The number of pyridine rings is 1. The van der Waals surface area contributed by atoms with E-state index in [1.165, 1.54) is 0 Å². The van der Waals surface area contributed by atoms with Crippen molar-refractivity contribution in [3.05, 3.63) is 47.9 Å². The van der Waals surface area contributed by atoms with Gasteiger partial charge < -0.3 is 15.0 Å². The zero-order chi connectivity index (χ0) is 21.6. The first-order valence-corrected chi connectivity index (χ1v) is 10.3. The summed E-state index contributed by atoms with van der Waals surface area (Å²) in [4.78, 5) is 32.5. The smallest absolute Gasteiger partial charge is 0.359 e. The normalized spacial score (nSPS) is 20.0. The second-order valence-electron chi connectivity index (χ2n) is 9.10. The number of nitrogens with one attached hydrogen (secondary N) is 1. The van der Waals surface area contributed by atoms with Gasteiger partial charge in [0, 0.05) is 30.6 Å². The number of hydrogen-bond donors (Lipinski definition) is 1. The molecule has 1 saturated heterocycles. The number of nitrogens with zero attached hydrogens (tertiary/aromatic N) is 3. The van der Waals surface area contributed by atoms with Crippen molar-refractivity contribution in [3.8, 4) is 0 Å². The number of imidazole rings is 1. The molecule has 1 aliphatic rings. The Morgan fingerprint density at radius 1 is 1.10 bits per heavy atom. The predicted molar refractivity (Wildman–Crippen MR) is 116 cm³/mol. The van der Waals surface area contributed by atoms with Gasteiger partial charge in [0.25, 0.3) is 5.91 Å². The van der Waals surface area contributed by atoms with Crippen molar-refractivity contribution in [2.45, 2.75) is 52.3 Å². The number of carbonyl (C=O) groups is 2. The molecular formula is C23H28N4O3. The molecule has 0 spiro atoms. The van der Waals surface area contributed by atoms with E-state index in [2.05, 4.69) is 24.1 Å². The molecule has 158 valence electrons. The molecular weight excluding hydrogens is 380 g/mol. The number of fused-ring (bicyclic) bond motifs is 3. The molecule has 1 amide bonds. The molecule has 2 aromatic heterocycles. The molecule has 4 rings (SSSR count). The Morgan fingerprint density at radius 2 is 1.77 bits per heavy atom. The fraction of sp³-hybridized carbons (Fsp3) is 0.435. The zero-order valence-electron chi connectivity index (χ0n) is 18.1. The highest BCUT2D eigenvalue weighted by Gasteiger charge is 2.28. The molecule has 7 heteroatoms. The zero-order valence-corrected chi connectivity index (χ0v) is 18.1. The average molecular weight is 409 g/mol. The highest BCUT2D eigenvalue weighted by atomic mass is 16.6. The predicted octanol–water partition coefficient (Wildman–Crippen LogP) is 3.27. The summed E-state index contributed by atoms with van der Waals surface area (Å²) < 4.78 is 7.37. The largest absolute Gasteiger partial charge is 0.455 e. The minimum absolute atomic E-state index is 0.0368. The number of piperazine rings is 1. The van der Waals surface area contributed by atoms with E-state index >= 15 is 0 Å². The lowest BCUT2D eigenvalue weighted by molar-refractivity contribution is 0.00656. The number of carbonyl (C=O) groups excluding carboxylic acids is 2. The van der Waals surface area contributed by atoms with Crippen molar-refractivity contribution in [2.75, 3.05) is 13.1 Å². The van der Waals surface area contributed by atoms with Crippen LogP contribution in [0.4, 0.5) is 0 Å². The van der Waals surface area contributed by atoms with Crippen molar-refractivity contribution in [3.63, 3.8) is 0 Å². The molecule has 2 atom stereocenters. The fourth-order valence-corrected chi connectivity index (χ4v) is 4.14. The Kier molecular flexibility index (Phi) is 5.02. The first-order valence-electron chi connectivity index (χ1n) is 10.3. The molecule has 1 fully saturated rings. The number of para-hydroxylation sites is 1. The fourth-order valence-electron chi connectivity index (χ4n) is 4.14. The summed E-state index contributed by atoms with van der Waals surface area (Å²) in [7, 11) is 0. The third-order valence-corrected chi connectivity index (χ3v) is 5.21. The summed E-state index contributed by atoms with van der Waals surface area (Å²) in [6.45, 7) is 10.9. The van der Waals surface area contributed by atoms with Gasteiger partial charge in [0.15, 0.2) is 5.69 Å². The number of rotatable bonds is 2. The van der Waals surface area contributed by atoms with Crippen molar-refractivity contribution >= 4 is 28.3 Å². The Bertz CT molecular complexity index is 1120. The summed E-state index contributed by atoms with van der Waals surface area (Å²) in [6.07, 6.45) is 1.61. The number of benzene rings is 1. The van der Waals surface area contributed by atoms with E-state index in [1.54, 1.807) is 12.4 Å². The van der Waals surface area contributed by atoms with Gasteiger partial charge in [-0.3, -0.25) is 9.20 Å². The van der Waals surface area contributed by atoms with Crippen LogP contribution in [0.5, 0.6) is 0 Å². The number of esters is 1. The molecule has 3 heterocycles. The van der Waals surface area contributed by atoms with Crippen molar-refractivity contribution in [1.82, 2.24) is 19.6 Å². The van der Waals surface area contributed by atoms with E-state index < -0.39 is 11.6 Å². The molecule has 7 nitrogen and oxygen atoms in total. The van der Waals surface area contributed by atoms with Crippen molar-refractivity contribution < 1.29 is 14.3 Å². The van der Waals surface area contributed by atoms with E-state index in [-0.39, 0.29) is 23.7 Å². The molecule has 2 unspecified atom stereocenters. The lowest BCUT2D eigenvalue weighted by atomic mass is 10.0. The number of ether oxygens (including phenoxy) is 1. The van der Waals surface area contributed by atoms with Gasteiger partial charge in [-0.2, -0.15) is 0 Å². The van der Waals surface area contributed by atoms with Gasteiger partial charge in [0.05, 0.1) is 16.6 Å². The van der Waals surface area contributed by atoms with Crippen LogP contribution in [0.25, 0.3) is 16.4 Å². The van der Waals surface area contributed by atoms with E-state index in [1.807, 2.05) is 54.3 Å². The molecule has 3 aromatic rings. The van der Waals surface area contributed by atoms with Gasteiger partial charge >= 0.3 is 5.97 Å². The van der Waals surface area contributed by atoms with Gasteiger partial charge in [-0.25, -0.2) is 9.78 Å². The first-order chi connectivity index (χ1) is 14.1. The van der Waals surface area contributed by atoms with Crippen LogP contribution >= 0.6 is 0 Å². The Labute approximate surface area is 176 Å². The molecule has 1 aromatic carbocycles. The third-order valence-electron chi connectivity index (χ3n) is 5.21. The summed E-state index contributed by atoms with van der Waals surface area (Å²) in [6, 6.07) is 9.92. The third kappa shape index (κ3) is 3.77. The highest BCUT2D eigenvalue weighted by molar-refractivity contribution is 6.09. The topological polar surface area (TPSA) is 75.9 Å². The lowest BCUT2D eigenvalue weighted by Crippen LogP contribution is -2.55. The van der Waals surface area contributed by atoms with Crippen LogP contribution in [-0.4, -0.2) is 56.9 Å². The summed E-state index contributed by atoms with van der Waals surface area (Å²) in [5.41, 5.74) is 1.56. The quantitative estimate of drug-likeness (QED) is 0.659. The van der Waals surface area contributed by atoms with Crippen LogP contribution in [0.15, 0.2) is 36.7 Å². The summed E-state index contributed by atoms with van der Waals surface area (Å²) in [5, 5.41) is 4.29. The maximum Gasteiger partial charge on any atom is 0.359 e. The van der Waals surface area contributed by atoms with Gasteiger partial charge in [-0.05, 0) is 46.8 Å². The van der Waals surface area contributed by atoms with E-state index in [4.69, 9.17) is 4.74 Å². The maximum atomic E-state index is 13.5. The van der Waals surface area contributed by atoms with Crippen molar-refractivity contribution in [2.24, 2.45) is 0 Å². The SMILES string of the molecule is CC1CN(C(=O)c2cc3c(C(=O)OC(C)(C)C)ncn3c3ccccc23)CC(C)N1. The van der Waals surface area contributed by atoms with E-state index in [0.29, 0.717) is 24.2 Å². The van der Waals surface area contributed by atoms with Crippen LogP contribution < -0.4 is 5.32 Å². The molecule has 0 bridgehead atoms. The Balaban J connectivity index is 1.85. The van der Waals surface area contributed by atoms with Crippen LogP contribution in [0, 0.1) is 0 Å². The first kappa shape index (κ1) is 20.3. The Morgan fingerprint density at radius 3 is 2.43 bits per heavy atom. The number of amides is 1. The second-order valence-corrected chi connectivity index (χ2v) is 9.10. The van der Waals surface area contributed by atoms with Crippen LogP contribution in [0.3, 0.4) is 0 Å². The average Bonchev–Trinajstić information content (AvgIpc) is 3.09. The number of aromatic nitrogens is 2. The van der Waals surface area contributed by atoms with Crippen LogP contribution in [0.2, 0.25) is 0 Å². The van der Waals surface area contributed by atoms with Crippen LogP contribution in [0.1, 0.15) is 55.5 Å². The van der Waals surface area contributed by atoms with E-state index in [0.717, 1.165) is 10.9 Å². The number of hydrogen-bond acceptors (Lipinski definition) is 5. The molecule has 1 N–H and O–H groups in total. The van der Waals surface area contributed by atoms with E-state index in [9.17, 15) is 9.59 Å². The minimum atomic E-state index is -0.629. The van der Waals surface area contributed by atoms with Crippen LogP contribution in [-0.2, 0) is 4.74 Å². The maximum absolute atomic E-state index is 13.5. The molecule has 1 aliphatic heterocycles. The molecule has 0 aliphatic carbocycles. The minimum Gasteiger partial charge on any atom is -0.455 e. The standard InChI is InChI=1S/C23H28N4O3/c1-14-11-26(12-15(2)25-14)21(28)17-10-19-20(22(29)30-23(3,4)5)24-13-27(19)18-9-7-6-8-16(17)18/h6-10,13-15,25H,11-12H2,1-5H3. The Hall–Kier alpha value is -2.93. The summed E-state index contributed by atoms with van der Waals surface area (Å²) >= 11 is 0. The molecule has 0 saturated carbocycles. The molecule has 0 radical (unpaired) electrons. The second kappa shape index (κ2) is 7.40. The summed E-state index contributed by atoms with van der Waals surface area (Å²) in [5.74, 6) is -0.534. The van der Waals surface area contributed by atoms with Gasteiger partial charge in [0.1, 0.15) is 11.9 Å². The highest BCUT2D eigenvalue weighted by Crippen LogP contribution is 2.26. The van der Waals surface area contributed by atoms with Gasteiger partial charge in [-0.15, -0.1) is 0 Å².